The molecule has 0 aliphatic carbocycles. The number of hydrogen-bond donors (Lipinski definition) is 1. The summed E-state index contributed by atoms with van der Waals surface area (Å²) in [4.78, 5) is 13.3. The van der Waals surface area contributed by atoms with Crippen molar-refractivity contribution in [3.8, 4) is 0 Å². The van der Waals surface area contributed by atoms with E-state index < -0.39 is 16.1 Å². The Hall–Kier alpha value is -2.54. The van der Waals surface area contributed by atoms with Gasteiger partial charge >= 0.3 is 6.09 Å². The zero-order valence-electron chi connectivity index (χ0n) is 15.0. The summed E-state index contributed by atoms with van der Waals surface area (Å²) in [6.07, 6.45) is -0.428. The second-order valence-electron chi connectivity index (χ2n) is 7.20. The van der Waals surface area contributed by atoms with Crippen LogP contribution in [0.4, 0.5) is 16.2 Å². The fourth-order valence-electron chi connectivity index (χ4n) is 2.71. The molecule has 2 aromatic rings. The average Bonchev–Trinajstić information content (AvgIpc) is 3.00. The fourth-order valence-corrected chi connectivity index (χ4v) is 3.76. The predicted molar refractivity (Wildman–Crippen MR) is 101 cm³/mol. The number of carbonyl (C=O) groups excluding carboxylic acids is 1. The second-order valence-corrected chi connectivity index (χ2v) is 8.88. The Morgan fingerprint density at radius 2 is 1.77 bits per heavy atom. The van der Waals surface area contributed by atoms with Crippen molar-refractivity contribution in [3.63, 3.8) is 0 Å². The molecule has 6 nitrogen and oxygen atoms in total. The molecule has 1 aliphatic rings. The second kappa shape index (κ2) is 6.64. The van der Waals surface area contributed by atoms with Crippen molar-refractivity contribution in [2.45, 2.75) is 31.1 Å². The highest BCUT2D eigenvalue weighted by molar-refractivity contribution is 7.92. The number of nitrogens with zero attached hydrogens (tertiary/aromatic N) is 1. The Balaban J connectivity index is 1.82. The van der Waals surface area contributed by atoms with Crippen molar-refractivity contribution >= 4 is 27.5 Å². The van der Waals surface area contributed by atoms with Crippen LogP contribution < -0.4 is 9.62 Å². The quantitative estimate of drug-likeness (QED) is 0.884. The molecular weight excluding hydrogens is 352 g/mol. The number of sulfonamides is 1. The van der Waals surface area contributed by atoms with Crippen molar-refractivity contribution in [1.82, 2.24) is 0 Å². The van der Waals surface area contributed by atoms with Gasteiger partial charge in [-0.05, 0) is 41.3 Å². The van der Waals surface area contributed by atoms with Gasteiger partial charge in [0.15, 0.2) is 0 Å². The van der Waals surface area contributed by atoms with Crippen LogP contribution in [0.25, 0.3) is 0 Å². The van der Waals surface area contributed by atoms with Gasteiger partial charge in [-0.25, -0.2) is 13.2 Å². The topological polar surface area (TPSA) is 75.7 Å². The molecule has 0 aromatic heterocycles. The lowest BCUT2D eigenvalue weighted by Gasteiger charge is -2.19. The van der Waals surface area contributed by atoms with Crippen LogP contribution in [0.15, 0.2) is 53.4 Å². The van der Waals surface area contributed by atoms with Crippen LogP contribution in [-0.2, 0) is 20.2 Å². The predicted octanol–water partition coefficient (Wildman–Crippen LogP) is 3.74. The SMILES string of the molecule is CC(C)(C)c1ccc(S(=O)(=O)Nc2cccc(N3CCOC3=O)c2)cc1. The molecule has 1 heterocycles. The van der Waals surface area contributed by atoms with Gasteiger partial charge in [0, 0.05) is 5.69 Å². The van der Waals surface area contributed by atoms with Crippen LogP contribution in [-0.4, -0.2) is 27.7 Å². The van der Waals surface area contributed by atoms with E-state index in [-0.39, 0.29) is 10.3 Å². The maximum atomic E-state index is 12.6. The molecule has 0 radical (unpaired) electrons. The van der Waals surface area contributed by atoms with E-state index in [0.717, 1.165) is 5.56 Å². The number of cyclic esters (lactones) is 1. The van der Waals surface area contributed by atoms with Gasteiger partial charge in [0.05, 0.1) is 17.1 Å². The molecule has 0 bridgehead atoms. The summed E-state index contributed by atoms with van der Waals surface area (Å²) in [5.74, 6) is 0. The van der Waals surface area contributed by atoms with E-state index in [9.17, 15) is 13.2 Å². The number of hydrogen-bond acceptors (Lipinski definition) is 4. The van der Waals surface area contributed by atoms with Gasteiger partial charge in [-0.15, -0.1) is 0 Å². The molecule has 2 aromatic carbocycles. The lowest BCUT2D eigenvalue weighted by atomic mass is 9.87. The molecular formula is C19H22N2O4S. The first-order valence-corrected chi connectivity index (χ1v) is 9.83. The van der Waals surface area contributed by atoms with Crippen LogP contribution in [0.5, 0.6) is 0 Å². The van der Waals surface area contributed by atoms with E-state index in [1.807, 2.05) is 12.1 Å². The van der Waals surface area contributed by atoms with Crippen LogP contribution in [0.3, 0.4) is 0 Å². The van der Waals surface area contributed by atoms with Crippen molar-refractivity contribution < 1.29 is 17.9 Å². The first kappa shape index (κ1) is 18.3. The largest absolute Gasteiger partial charge is 0.447 e. The summed E-state index contributed by atoms with van der Waals surface area (Å²) in [6, 6.07) is 13.6. The maximum Gasteiger partial charge on any atom is 0.414 e. The van der Waals surface area contributed by atoms with Gasteiger partial charge in [0.25, 0.3) is 10.0 Å². The van der Waals surface area contributed by atoms with E-state index in [1.54, 1.807) is 36.4 Å². The Kier molecular flexibility index (Phi) is 4.66. The summed E-state index contributed by atoms with van der Waals surface area (Å²) in [5.41, 5.74) is 2.00. The Morgan fingerprint density at radius 3 is 2.35 bits per heavy atom. The number of benzene rings is 2. The molecule has 0 spiro atoms. The van der Waals surface area contributed by atoms with Crippen molar-refractivity contribution in [2.75, 3.05) is 22.8 Å². The Morgan fingerprint density at radius 1 is 1.08 bits per heavy atom. The number of amides is 1. The first-order chi connectivity index (χ1) is 12.2. The van der Waals surface area contributed by atoms with E-state index >= 15 is 0 Å². The molecule has 1 amide bonds. The molecule has 1 saturated heterocycles. The third-order valence-corrected chi connectivity index (χ3v) is 5.60. The van der Waals surface area contributed by atoms with Gasteiger partial charge in [-0.2, -0.15) is 0 Å². The highest BCUT2D eigenvalue weighted by Crippen LogP contribution is 2.26. The number of carbonyl (C=O) groups is 1. The molecule has 7 heteroatoms. The standard InChI is InChI=1S/C19H22N2O4S/c1-19(2,3)14-7-9-17(10-8-14)26(23,24)20-15-5-4-6-16(13-15)21-11-12-25-18(21)22/h4-10,13,20H,11-12H2,1-3H3. The molecule has 3 rings (SSSR count). The summed E-state index contributed by atoms with van der Waals surface area (Å²) < 4.78 is 32.8. The van der Waals surface area contributed by atoms with E-state index in [1.165, 1.54) is 4.90 Å². The number of ether oxygens (including phenoxy) is 1. The van der Waals surface area contributed by atoms with Crippen molar-refractivity contribution in [2.24, 2.45) is 0 Å². The minimum Gasteiger partial charge on any atom is -0.447 e. The van der Waals surface area contributed by atoms with Gasteiger partial charge in [0.1, 0.15) is 6.61 Å². The molecule has 1 fully saturated rings. The number of nitrogens with one attached hydrogen (secondary N) is 1. The van der Waals surface area contributed by atoms with Crippen LogP contribution in [0.1, 0.15) is 26.3 Å². The van der Waals surface area contributed by atoms with Gasteiger partial charge < -0.3 is 4.74 Å². The normalized spacial score (nSPS) is 15.0. The minimum atomic E-state index is -3.71. The summed E-state index contributed by atoms with van der Waals surface area (Å²) in [6.45, 7) is 7.00. The zero-order chi connectivity index (χ0) is 18.9. The highest BCUT2D eigenvalue weighted by atomic mass is 32.2. The first-order valence-electron chi connectivity index (χ1n) is 8.34. The third-order valence-electron chi connectivity index (χ3n) is 4.20. The van der Waals surface area contributed by atoms with Crippen LogP contribution in [0, 0.1) is 0 Å². The summed E-state index contributed by atoms with van der Waals surface area (Å²) >= 11 is 0. The molecule has 26 heavy (non-hydrogen) atoms. The summed E-state index contributed by atoms with van der Waals surface area (Å²) in [5, 5.41) is 0. The third kappa shape index (κ3) is 3.83. The maximum absolute atomic E-state index is 12.6. The Labute approximate surface area is 153 Å². The van der Waals surface area contributed by atoms with Gasteiger partial charge in [0.2, 0.25) is 0 Å². The van der Waals surface area contributed by atoms with E-state index in [4.69, 9.17) is 4.74 Å². The zero-order valence-corrected chi connectivity index (χ0v) is 15.8. The summed E-state index contributed by atoms with van der Waals surface area (Å²) in [7, 11) is -3.71. The molecule has 0 unspecified atom stereocenters. The van der Waals surface area contributed by atoms with Crippen molar-refractivity contribution in [3.05, 3.63) is 54.1 Å². The van der Waals surface area contributed by atoms with Crippen LogP contribution in [0.2, 0.25) is 0 Å². The lowest BCUT2D eigenvalue weighted by Crippen LogP contribution is -2.23. The number of rotatable bonds is 4. The Bertz CT molecular complexity index is 915. The fraction of sp³-hybridized carbons (Fsp3) is 0.316. The number of anilines is 2. The molecule has 1 N–H and O–H groups in total. The van der Waals surface area contributed by atoms with Gasteiger partial charge in [-0.3, -0.25) is 9.62 Å². The monoisotopic (exact) mass is 374 g/mol. The van der Waals surface area contributed by atoms with E-state index in [0.29, 0.717) is 24.5 Å². The minimum absolute atomic E-state index is 0.0472. The smallest absolute Gasteiger partial charge is 0.414 e. The molecule has 0 saturated carbocycles. The lowest BCUT2D eigenvalue weighted by molar-refractivity contribution is 0.181. The van der Waals surface area contributed by atoms with Crippen LogP contribution >= 0.6 is 0 Å². The average molecular weight is 374 g/mol. The van der Waals surface area contributed by atoms with Crippen molar-refractivity contribution in [1.29, 1.82) is 0 Å². The van der Waals surface area contributed by atoms with Gasteiger partial charge in [-0.1, -0.05) is 39.0 Å². The van der Waals surface area contributed by atoms with E-state index in [2.05, 4.69) is 25.5 Å². The molecule has 0 atom stereocenters. The molecule has 138 valence electrons. The highest BCUT2D eigenvalue weighted by Gasteiger charge is 2.24. The molecule has 1 aliphatic heterocycles.